The van der Waals surface area contributed by atoms with Crippen molar-refractivity contribution in [1.29, 1.82) is 0 Å². The van der Waals surface area contributed by atoms with Crippen molar-refractivity contribution in [2.24, 2.45) is 5.92 Å². The molecule has 0 saturated carbocycles. The standard InChI is InChI=1S/C44H39Cl2FN2O5S/c1-30(2)26-48(44(51)39-13-6-7-14-41(39)54-38-11-4-3-5-12-38)27-32-9-8-10-33(23-32)29-49(55(52,53)42-25-36(45)24-40(46)43(42)50)28-31-15-17-34(18-16-31)35-19-21-37(47)22-20-35/h3-25,30,50H,26-29H2,1-2H3. The molecule has 0 aliphatic heterocycles. The van der Waals surface area contributed by atoms with E-state index in [2.05, 4.69) is 0 Å². The van der Waals surface area contributed by atoms with Gasteiger partial charge in [0.2, 0.25) is 10.0 Å². The minimum Gasteiger partial charge on any atom is -0.505 e. The number of ether oxygens (including phenoxy) is 1. The summed E-state index contributed by atoms with van der Waals surface area (Å²) in [6, 6.07) is 39.7. The number of hydrogen-bond donors (Lipinski definition) is 1. The number of halogens is 3. The average Bonchev–Trinajstić information content (AvgIpc) is 3.16. The molecule has 0 atom stereocenters. The average molecular weight is 798 g/mol. The number of aromatic hydroxyl groups is 1. The summed E-state index contributed by atoms with van der Waals surface area (Å²) in [5.74, 6) is 0.0667. The van der Waals surface area contributed by atoms with E-state index in [1.54, 1.807) is 47.4 Å². The first-order valence-electron chi connectivity index (χ1n) is 17.6. The maximum absolute atomic E-state index is 14.3. The highest BCUT2D eigenvalue weighted by Crippen LogP contribution is 2.37. The Bertz CT molecular complexity index is 2380. The molecule has 1 N–H and O–H groups in total. The van der Waals surface area contributed by atoms with Gasteiger partial charge < -0.3 is 14.7 Å². The van der Waals surface area contributed by atoms with Crippen molar-refractivity contribution in [1.82, 2.24) is 9.21 Å². The predicted molar refractivity (Wildman–Crippen MR) is 215 cm³/mol. The zero-order valence-corrected chi connectivity index (χ0v) is 32.5. The maximum Gasteiger partial charge on any atom is 0.257 e. The van der Waals surface area contributed by atoms with Gasteiger partial charge in [-0.1, -0.05) is 128 Å². The van der Waals surface area contributed by atoms with Gasteiger partial charge in [-0.3, -0.25) is 4.79 Å². The topological polar surface area (TPSA) is 87.2 Å². The number of nitrogens with zero attached hydrogens (tertiary/aromatic N) is 2. The van der Waals surface area contributed by atoms with Gasteiger partial charge in [0.1, 0.15) is 22.2 Å². The fourth-order valence-corrected chi connectivity index (χ4v) is 8.34. The van der Waals surface area contributed by atoms with Crippen LogP contribution in [0.2, 0.25) is 10.0 Å². The molecule has 55 heavy (non-hydrogen) atoms. The molecule has 0 aromatic heterocycles. The molecule has 1 amide bonds. The second-order valence-electron chi connectivity index (χ2n) is 13.5. The smallest absolute Gasteiger partial charge is 0.257 e. The van der Waals surface area contributed by atoms with E-state index in [1.807, 2.05) is 86.6 Å². The lowest BCUT2D eigenvalue weighted by molar-refractivity contribution is 0.0720. The molecule has 0 unspecified atom stereocenters. The third-order valence-corrected chi connectivity index (χ3v) is 11.1. The number of hydrogen-bond acceptors (Lipinski definition) is 5. The Morgan fingerprint density at radius 2 is 1.33 bits per heavy atom. The lowest BCUT2D eigenvalue weighted by atomic mass is 10.0. The molecular weight excluding hydrogens is 758 g/mol. The Kier molecular flexibility index (Phi) is 12.6. The minimum atomic E-state index is -4.38. The number of amides is 1. The fraction of sp³-hybridized carbons (Fsp3) is 0.159. The van der Waals surface area contributed by atoms with Gasteiger partial charge in [0.25, 0.3) is 5.91 Å². The van der Waals surface area contributed by atoms with Gasteiger partial charge in [-0.15, -0.1) is 0 Å². The van der Waals surface area contributed by atoms with Crippen LogP contribution in [0.1, 0.15) is 40.9 Å². The first-order chi connectivity index (χ1) is 26.4. The quantitative estimate of drug-likeness (QED) is 0.119. The number of carbonyl (C=O) groups is 1. The van der Waals surface area contributed by atoms with E-state index in [4.69, 9.17) is 27.9 Å². The zero-order chi connectivity index (χ0) is 39.1. The van der Waals surface area contributed by atoms with Gasteiger partial charge in [0, 0.05) is 31.2 Å². The van der Waals surface area contributed by atoms with Crippen LogP contribution in [-0.2, 0) is 29.7 Å². The van der Waals surface area contributed by atoms with Crippen molar-refractivity contribution >= 4 is 39.1 Å². The van der Waals surface area contributed by atoms with E-state index in [-0.39, 0.29) is 47.3 Å². The molecule has 0 bridgehead atoms. The number of para-hydroxylation sites is 2. The van der Waals surface area contributed by atoms with E-state index in [0.29, 0.717) is 34.7 Å². The van der Waals surface area contributed by atoms with Crippen LogP contribution in [-0.4, -0.2) is 35.2 Å². The number of benzene rings is 6. The Morgan fingerprint density at radius 3 is 2.00 bits per heavy atom. The van der Waals surface area contributed by atoms with Gasteiger partial charge in [-0.25, -0.2) is 12.8 Å². The Labute approximate surface area is 331 Å². The molecule has 0 aliphatic rings. The number of rotatable bonds is 14. The molecule has 0 spiro atoms. The first kappa shape index (κ1) is 39.5. The van der Waals surface area contributed by atoms with Crippen molar-refractivity contribution in [3.05, 3.63) is 178 Å². The van der Waals surface area contributed by atoms with Crippen LogP contribution < -0.4 is 4.74 Å². The highest BCUT2D eigenvalue weighted by atomic mass is 35.5. The van der Waals surface area contributed by atoms with E-state index in [0.717, 1.165) is 16.7 Å². The summed E-state index contributed by atoms with van der Waals surface area (Å²) in [6.45, 7) is 4.66. The van der Waals surface area contributed by atoms with Crippen LogP contribution in [0.25, 0.3) is 11.1 Å². The Morgan fingerprint density at radius 1 is 0.727 bits per heavy atom. The van der Waals surface area contributed by atoms with Crippen LogP contribution in [0.5, 0.6) is 17.2 Å². The summed E-state index contributed by atoms with van der Waals surface area (Å²) in [5.41, 5.74) is 4.18. The second kappa shape index (κ2) is 17.5. The van der Waals surface area contributed by atoms with E-state index >= 15 is 0 Å². The number of sulfonamides is 1. The van der Waals surface area contributed by atoms with Gasteiger partial charge >= 0.3 is 0 Å². The summed E-state index contributed by atoms with van der Waals surface area (Å²) in [7, 11) is -4.38. The van der Waals surface area contributed by atoms with Gasteiger partial charge in [-0.2, -0.15) is 4.31 Å². The van der Waals surface area contributed by atoms with Crippen LogP contribution >= 0.6 is 23.2 Å². The van der Waals surface area contributed by atoms with Gasteiger partial charge in [-0.05, 0) is 82.3 Å². The molecular formula is C44H39Cl2FN2O5S. The number of carbonyl (C=O) groups excluding carboxylic acids is 1. The summed E-state index contributed by atoms with van der Waals surface area (Å²) in [5, 5.41) is 10.7. The molecule has 6 aromatic carbocycles. The van der Waals surface area contributed by atoms with E-state index in [9.17, 15) is 22.7 Å². The predicted octanol–water partition coefficient (Wildman–Crippen LogP) is 11.0. The first-order valence-corrected chi connectivity index (χ1v) is 19.8. The highest BCUT2D eigenvalue weighted by Gasteiger charge is 2.30. The van der Waals surface area contributed by atoms with Crippen molar-refractivity contribution in [2.45, 2.75) is 38.4 Å². The largest absolute Gasteiger partial charge is 0.505 e. The summed E-state index contributed by atoms with van der Waals surface area (Å²) in [6.07, 6.45) is 0. The Balaban J connectivity index is 1.29. The summed E-state index contributed by atoms with van der Waals surface area (Å²) < 4.78 is 49.5. The van der Waals surface area contributed by atoms with Crippen LogP contribution in [0.3, 0.4) is 0 Å². The van der Waals surface area contributed by atoms with Crippen molar-refractivity contribution in [3.8, 4) is 28.4 Å². The third-order valence-electron chi connectivity index (χ3n) is 8.79. The van der Waals surface area contributed by atoms with Gasteiger partial charge in [0.15, 0.2) is 5.75 Å². The number of phenolic OH excluding ortho intramolecular Hbond substituents is 1. The van der Waals surface area contributed by atoms with Crippen molar-refractivity contribution in [3.63, 3.8) is 0 Å². The summed E-state index contributed by atoms with van der Waals surface area (Å²) >= 11 is 12.4. The molecule has 0 fully saturated rings. The number of phenols is 1. The zero-order valence-electron chi connectivity index (χ0n) is 30.2. The van der Waals surface area contributed by atoms with Crippen LogP contribution in [0, 0.1) is 11.7 Å². The fourth-order valence-electron chi connectivity index (χ4n) is 6.18. The molecule has 0 aliphatic carbocycles. The molecule has 0 saturated heterocycles. The third kappa shape index (κ3) is 9.92. The lowest BCUT2D eigenvalue weighted by Crippen LogP contribution is -2.34. The monoisotopic (exact) mass is 796 g/mol. The molecule has 7 nitrogen and oxygen atoms in total. The molecule has 282 valence electrons. The van der Waals surface area contributed by atoms with Crippen LogP contribution in [0.15, 0.2) is 144 Å². The summed E-state index contributed by atoms with van der Waals surface area (Å²) in [4.78, 5) is 15.5. The van der Waals surface area contributed by atoms with Crippen molar-refractivity contribution in [2.75, 3.05) is 6.54 Å². The molecule has 0 heterocycles. The molecule has 6 rings (SSSR count). The molecule has 0 radical (unpaired) electrons. The second-order valence-corrected chi connectivity index (χ2v) is 16.3. The molecule has 11 heteroatoms. The highest BCUT2D eigenvalue weighted by molar-refractivity contribution is 7.89. The minimum absolute atomic E-state index is 0.0534. The SMILES string of the molecule is CC(C)CN(Cc1cccc(CN(Cc2ccc(-c3ccc(F)cc3)cc2)S(=O)(=O)c2cc(Cl)cc(Cl)c2O)c1)C(=O)c1ccccc1Oc1ccccc1. The Hall–Kier alpha value is -5.19. The molecule has 6 aromatic rings. The van der Waals surface area contributed by atoms with Crippen LogP contribution in [0.4, 0.5) is 4.39 Å². The van der Waals surface area contributed by atoms with Gasteiger partial charge in [0.05, 0.1) is 10.6 Å². The van der Waals surface area contributed by atoms with E-state index < -0.39 is 20.7 Å². The maximum atomic E-state index is 14.3. The van der Waals surface area contributed by atoms with E-state index in [1.165, 1.54) is 28.6 Å². The lowest BCUT2D eigenvalue weighted by Gasteiger charge is -2.26. The van der Waals surface area contributed by atoms with Crippen molar-refractivity contribution < 1.29 is 27.4 Å². The normalized spacial score (nSPS) is 11.5.